The predicted octanol–water partition coefficient (Wildman–Crippen LogP) is 2.55. The van der Waals surface area contributed by atoms with Crippen LogP contribution < -0.4 is 24.8 Å². The lowest BCUT2D eigenvalue weighted by Gasteiger charge is -2.16. The van der Waals surface area contributed by atoms with E-state index in [1.54, 1.807) is 24.3 Å². The van der Waals surface area contributed by atoms with Crippen LogP contribution in [0, 0.1) is 0 Å². The van der Waals surface area contributed by atoms with E-state index in [-0.39, 0.29) is 11.5 Å². The predicted molar refractivity (Wildman–Crippen MR) is 111 cm³/mol. The van der Waals surface area contributed by atoms with E-state index >= 15 is 0 Å². The maximum absolute atomic E-state index is 12.3. The van der Waals surface area contributed by atoms with Gasteiger partial charge < -0.3 is 29.6 Å². The van der Waals surface area contributed by atoms with Gasteiger partial charge in [-0.15, -0.1) is 11.8 Å². The number of nitrogens with one attached hydrogen (secondary N) is 2. The molecule has 0 aliphatic carbocycles. The van der Waals surface area contributed by atoms with E-state index in [1.165, 1.54) is 39.2 Å². The van der Waals surface area contributed by atoms with Crippen LogP contribution in [0.15, 0.2) is 35.2 Å². The second-order valence-corrected chi connectivity index (χ2v) is 7.10. The molecule has 1 aliphatic rings. The Bertz CT molecular complexity index is 968. The highest BCUT2D eigenvalue weighted by Crippen LogP contribution is 2.40. The van der Waals surface area contributed by atoms with Crippen molar-refractivity contribution < 1.29 is 33.3 Å². The first-order valence-corrected chi connectivity index (χ1v) is 9.77. The first-order chi connectivity index (χ1) is 14.4. The molecule has 10 heteroatoms. The molecule has 1 aliphatic heterocycles. The molecule has 158 valence electrons. The van der Waals surface area contributed by atoms with Crippen LogP contribution >= 0.6 is 11.8 Å². The molecule has 0 fully saturated rings. The van der Waals surface area contributed by atoms with Crippen molar-refractivity contribution in [3.63, 3.8) is 0 Å². The minimum Gasteiger partial charge on any atom is -0.493 e. The van der Waals surface area contributed by atoms with Gasteiger partial charge in [0.05, 0.1) is 38.3 Å². The Hall–Kier alpha value is -3.40. The summed E-state index contributed by atoms with van der Waals surface area (Å²) in [4.78, 5) is 36.9. The average molecular weight is 432 g/mol. The fourth-order valence-corrected chi connectivity index (χ4v) is 3.56. The third kappa shape index (κ3) is 4.77. The number of methoxy groups -OCH3 is 3. The molecule has 0 spiro atoms. The second kappa shape index (κ2) is 9.40. The summed E-state index contributed by atoms with van der Waals surface area (Å²) in [6.07, 6.45) is 0. The van der Waals surface area contributed by atoms with E-state index in [1.807, 2.05) is 0 Å². The Kier molecular flexibility index (Phi) is 6.68. The van der Waals surface area contributed by atoms with Crippen molar-refractivity contribution in [3.8, 4) is 17.2 Å². The highest BCUT2D eigenvalue weighted by molar-refractivity contribution is 8.00. The fourth-order valence-electron chi connectivity index (χ4n) is 2.77. The number of thioether (sulfide) groups is 1. The number of esters is 1. The first kappa shape index (κ1) is 21.3. The standard InChI is InChI=1S/C20H20N2O7S/c1-26-14-7-12(8-15(27-2)19(14)28-3)21-17(23)9-29-20(25)11-4-5-16-13(6-11)22-18(24)10-30-16/h4-8H,9-10H2,1-3H3,(H,21,23)(H,22,24). The van der Waals surface area contributed by atoms with Gasteiger partial charge in [0.1, 0.15) is 0 Å². The molecule has 3 rings (SSSR count). The molecule has 0 radical (unpaired) electrons. The van der Waals surface area contributed by atoms with Crippen LogP contribution in [0.5, 0.6) is 17.2 Å². The van der Waals surface area contributed by atoms with Crippen LogP contribution in [0.1, 0.15) is 10.4 Å². The highest BCUT2D eigenvalue weighted by atomic mass is 32.2. The Balaban J connectivity index is 1.63. The number of benzene rings is 2. The van der Waals surface area contributed by atoms with Crippen LogP contribution in [0.3, 0.4) is 0 Å². The molecule has 2 N–H and O–H groups in total. The third-order valence-electron chi connectivity index (χ3n) is 4.13. The average Bonchev–Trinajstić information content (AvgIpc) is 2.76. The minimum absolute atomic E-state index is 0.136. The Morgan fingerprint density at radius 3 is 2.40 bits per heavy atom. The molecule has 1 heterocycles. The van der Waals surface area contributed by atoms with Crippen LogP contribution in [0.2, 0.25) is 0 Å². The topological polar surface area (TPSA) is 112 Å². The minimum atomic E-state index is -0.678. The number of carbonyl (C=O) groups is 3. The van der Waals surface area contributed by atoms with E-state index in [4.69, 9.17) is 18.9 Å². The lowest BCUT2D eigenvalue weighted by atomic mass is 10.2. The zero-order valence-corrected chi connectivity index (χ0v) is 17.4. The van der Waals surface area contributed by atoms with Gasteiger partial charge in [-0.05, 0) is 18.2 Å². The molecule has 0 bridgehead atoms. The number of amides is 2. The van der Waals surface area contributed by atoms with Crippen molar-refractivity contribution in [2.24, 2.45) is 0 Å². The van der Waals surface area contributed by atoms with Gasteiger partial charge in [-0.1, -0.05) is 0 Å². The van der Waals surface area contributed by atoms with Crippen LogP contribution in [-0.2, 0) is 14.3 Å². The van der Waals surface area contributed by atoms with Crippen molar-refractivity contribution in [3.05, 3.63) is 35.9 Å². The summed E-state index contributed by atoms with van der Waals surface area (Å²) in [7, 11) is 4.40. The molecule has 0 unspecified atom stereocenters. The summed E-state index contributed by atoms with van der Waals surface area (Å²) in [5, 5.41) is 5.32. The van der Waals surface area contributed by atoms with Gasteiger partial charge in [0.15, 0.2) is 18.1 Å². The van der Waals surface area contributed by atoms with Gasteiger partial charge >= 0.3 is 5.97 Å². The number of hydrogen-bond acceptors (Lipinski definition) is 8. The summed E-state index contributed by atoms with van der Waals surface area (Å²) in [5.41, 5.74) is 1.17. The van der Waals surface area contributed by atoms with Crippen molar-refractivity contribution in [2.75, 3.05) is 44.3 Å². The monoisotopic (exact) mass is 432 g/mol. The molecular formula is C20H20N2O7S. The van der Waals surface area contributed by atoms with Gasteiger partial charge in [-0.25, -0.2) is 4.79 Å². The van der Waals surface area contributed by atoms with Crippen LogP contribution in [-0.4, -0.2) is 51.5 Å². The number of carbonyl (C=O) groups excluding carboxylic acids is 3. The highest BCUT2D eigenvalue weighted by Gasteiger charge is 2.19. The summed E-state index contributed by atoms with van der Waals surface area (Å²) >= 11 is 1.39. The molecule has 2 aromatic rings. The molecular weight excluding hydrogens is 412 g/mol. The fraction of sp³-hybridized carbons (Fsp3) is 0.250. The lowest BCUT2D eigenvalue weighted by Crippen LogP contribution is -2.22. The van der Waals surface area contributed by atoms with E-state index in [0.717, 1.165) is 4.90 Å². The summed E-state index contributed by atoms with van der Waals surface area (Å²) < 4.78 is 20.8. The molecule has 2 aromatic carbocycles. The Morgan fingerprint density at radius 2 is 1.77 bits per heavy atom. The molecule has 30 heavy (non-hydrogen) atoms. The maximum atomic E-state index is 12.3. The molecule has 2 amide bonds. The van der Waals surface area contributed by atoms with Gasteiger partial charge in [0, 0.05) is 22.7 Å². The Morgan fingerprint density at radius 1 is 1.07 bits per heavy atom. The van der Waals surface area contributed by atoms with Gasteiger partial charge in [-0.3, -0.25) is 9.59 Å². The van der Waals surface area contributed by atoms with E-state index in [2.05, 4.69) is 10.6 Å². The van der Waals surface area contributed by atoms with Crippen LogP contribution in [0.4, 0.5) is 11.4 Å². The number of hydrogen-bond donors (Lipinski definition) is 2. The SMILES string of the molecule is COc1cc(NC(=O)COC(=O)c2ccc3c(c2)NC(=O)CS3)cc(OC)c1OC. The van der Waals surface area contributed by atoms with E-state index < -0.39 is 18.5 Å². The number of ether oxygens (including phenoxy) is 4. The normalized spacial score (nSPS) is 12.3. The van der Waals surface area contributed by atoms with Gasteiger partial charge in [0.2, 0.25) is 11.7 Å². The van der Waals surface area contributed by atoms with Crippen molar-refractivity contribution >= 4 is 40.9 Å². The van der Waals surface area contributed by atoms with Crippen molar-refractivity contribution in [2.45, 2.75) is 4.90 Å². The number of anilines is 2. The van der Waals surface area contributed by atoms with Gasteiger partial charge in [0.25, 0.3) is 5.91 Å². The lowest BCUT2D eigenvalue weighted by molar-refractivity contribution is -0.119. The Labute approximate surface area is 177 Å². The largest absolute Gasteiger partial charge is 0.493 e. The molecule has 0 aromatic heterocycles. The number of rotatable bonds is 7. The zero-order chi connectivity index (χ0) is 21.7. The molecule has 0 atom stereocenters. The summed E-state index contributed by atoms with van der Waals surface area (Å²) in [6, 6.07) is 7.96. The molecule has 0 saturated heterocycles. The van der Waals surface area contributed by atoms with E-state index in [9.17, 15) is 14.4 Å². The quantitative estimate of drug-likeness (QED) is 0.642. The zero-order valence-electron chi connectivity index (χ0n) is 16.6. The molecule has 9 nitrogen and oxygen atoms in total. The summed E-state index contributed by atoms with van der Waals surface area (Å²) in [6.45, 7) is -0.492. The number of fused-ring (bicyclic) bond motifs is 1. The van der Waals surface area contributed by atoms with Gasteiger partial charge in [-0.2, -0.15) is 0 Å². The molecule has 0 saturated carbocycles. The summed E-state index contributed by atoms with van der Waals surface area (Å²) in [5.74, 6) is 0.112. The second-order valence-electron chi connectivity index (χ2n) is 6.09. The third-order valence-corrected chi connectivity index (χ3v) is 5.20. The van der Waals surface area contributed by atoms with Crippen molar-refractivity contribution in [1.82, 2.24) is 0 Å². The maximum Gasteiger partial charge on any atom is 0.338 e. The smallest absolute Gasteiger partial charge is 0.338 e. The van der Waals surface area contributed by atoms with Crippen molar-refractivity contribution in [1.29, 1.82) is 0 Å². The van der Waals surface area contributed by atoms with Crippen LogP contribution in [0.25, 0.3) is 0 Å². The first-order valence-electron chi connectivity index (χ1n) is 8.78. The van der Waals surface area contributed by atoms with E-state index in [0.29, 0.717) is 34.4 Å².